The number of amides is 2. The van der Waals surface area contributed by atoms with Gasteiger partial charge in [-0.3, -0.25) is 9.59 Å². The molecular formula is C19H20N2O6S2. The van der Waals surface area contributed by atoms with Gasteiger partial charge in [0.15, 0.2) is 19.7 Å². The van der Waals surface area contributed by atoms with E-state index in [4.69, 9.17) is 0 Å². The van der Waals surface area contributed by atoms with Crippen molar-refractivity contribution in [2.45, 2.75) is 23.5 Å². The first kappa shape index (κ1) is 21.0. The maximum Gasteiger partial charge on any atom is 0.255 e. The monoisotopic (exact) mass is 436 g/mol. The van der Waals surface area contributed by atoms with Gasteiger partial charge in [-0.1, -0.05) is 0 Å². The second kappa shape index (κ2) is 7.96. The number of carbonyl (C=O) groups is 2. The van der Waals surface area contributed by atoms with Crippen molar-refractivity contribution in [1.82, 2.24) is 0 Å². The molecule has 10 heteroatoms. The van der Waals surface area contributed by atoms with Crippen LogP contribution in [0.4, 0.5) is 11.4 Å². The summed E-state index contributed by atoms with van der Waals surface area (Å²) in [4.78, 5) is 23.4. The number of sulfone groups is 2. The van der Waals surface area contributed by atoms with Crippen LogP contribution in [-0.4, -0.2) is 45.4 Å². The summed E-state index contributed by atoms with van der Waals surface area (Å²) in [6, 6.07) is 11.9. The van der Waals surface area contributed by atoms with Gasteiger partial charge in [0.2, 0.25) is 5.91 Å². The van der Waals surface area contributed by atoms with Crippen molar-refractivity contribution in [3.8, 4) is 0 Å². The third kappa shape index (κ3) is 5.01. The second-order valence-corrected chi connectivity index (χ2v) is 11.3. The highest BCUT2D eigenvalue weighted by atomic mass is 32.2. The van der Waals surface area contributed by atoms with E-state index < -0.39 is 30.8 Å². The van der Waals surface area contributed by atoms with E-state index in [0.29, 0.717) is 11.4 Å². The summed E-state index contributed by atoms with van der Waals surface area (Å²) in [5.41, 5.74) is 1.37. The molecule has 0 bridgehead atoms. The molecule has 0 aliphatic carbocycles. The molecule has 1 atom stereocenters. The fourth-order valence-electron chi connectivity index (χ4n) is 3.04. The van der Waals surface area contributed by atoms with Crippen molar-refractivity contribution in [3.63, 3.8) is 0 Å². The van der Waals surface area contributed by atoms with E-state index >= 15 is 0 Å². The molecule has 1 aliphatic heterocycles. The molecule has 3 rings (SSSR count). The lowest BCUT2D eigenvalue weighted by Gasteiger charge is -2.11. The Bertz CT molecular complexity index is 1140. The summed E-state index contributed by atoms with van der Waals surface area (Å²) < 4.78 is 48.4. The molecule has 0 saturated carbocycles. The van der Waals surface area contributed by atoms with E-state index in [9.17, 15) is 26.4 Å². The minimum atomic E-state index is -3.77. The van der Waals surface area contributed by atoms with E-state index in [1.807, 2.05) is 0 Å². The van der Waals surface area contributed by atoms with Gasteiger partial charge in [-0.2, -0.15) is 0 Å². The zero-order valence-corrected chi connectivity index (χ0v) is 17.2. The molecule has 1 aliphatic rings. The first-order valence-electron chi connectivity index (χ1n) is 8.80. The Kier molecular flexibility index (Phi) is 5.76. The van der Waals surface area contributed by atoms with Crippen molar-refractivity contribution in [2.75, 3.05) is 22.1 Å². The van der Waals surface area contributed by atoms with Crippen LogP contribution >= 0.6 is 0 Å². The molecule has 1 heterocycles. The molecule has 0 spiro atoms. The smallest absolute Gasteiger partial charge is 0.255 e. The molecule has 2 aromatic carbocycles. The largest absolute Gasteiger partial charge is 0.326 e. The Labute approximate surface area is 169 Å². The Morgan fingerprint density at radius 2 is 1.48 bits per heavy atom. The lowest BCUT2D eigenvalue weighted by Crippen LogP contribution is -2.22. The summed E-state index contributed by atoms with van der Waals surface area (Å²) in [6.45, 7) is 1.39. The summed E-state index contributed by atoms with van der Waals surface area (Å²) in [5.74, 6) is -1.12. The van der Waals surface area contributed by atoms with E-state index in [-0.39, 0.29) is 34.3 Å². The van der Waals surface area contributed by atoms with E-state index in [0.717, 1.165) is 0 Å². The quantitative estimate of drug-likeness (QED) is 0.737. The topological polar surface area (TPSA) is 126 Å². The van der Waals surface area contributed by atoms with Crippen LogP contribution in [0.2, 0.25) is 0 Å². The molecule has 154 valence electrons. The number of benzene rings is 2. The third-order valence-corrected chi connectivity index (χ3v) is 8.73. The highest BCUT2D eigenvalue weighted by molar-refractivity contribution is 7.96. The summed E-state index contributed by atoms with van der Waals surface area (Å²) in [7, 11) is -7.09. The molecule has 1 fully saturated rings. The lowest BCUT2D eigenvalue weighted by molar-refractivity contribution is -0.114. The first-order chi connectivity index (χ1) is 13.6. The minimum absolute atomic E-state index is 0.00388. The molecular weight excluding hydrogens is 416 g/mol. The van der Waals surface area contributed by atoms with Crippen LogP contribution in [0, 0.1) is 0 Å². The molecule has 2 aromatic rings. The summed E-state index contributed by atoms with van der Waals surface area (Å²) in [6.07, 6.45) is 0.0847. The third-order valence-electron chi connectivity index (χ3n) is 4.54. The number of hydrogen-bond donors (Lipinski definition) is 2. The number of carbonyl (C=O) groups excluding carboxylic acids is 2. The Morgan fingerprint density at radius 3 is 1.97 bits per heavy atom. The first-order valence-corrected chi connectivity index (χ1v) is 12.2. The van der Waals surface area contributed by atoms with Crippen LogP contribution in [0.3, 0.4) is 0 Å². The number of hydrogen-bond acceptors (Lipinski definition) is 6. The van der Waals surface area contributed by atoms with Crippen LogP contribution in [0.15, 0.2) is 53.4 Å². The fourth-order valence-corrected chi connectivity index (χ4v) is 7.40. The van der Waals surface area contributed by atoms with Gasteiger partial charge in [-0.05, 0) is 55.0 Å². The SMILES string of the molecule is CC(=O)Nc1ccc(NC(=O)c2ccc(S(=O)(=O)C3CCS(=O)(=O)C3)cc2)cc1. The van der Waals surface area contributed by atoms with Crippen LogP contribution in [0.5, 0.6) is 0 Å². The Morgan fingerprint density at radius 1 is 0.931 bits per heavy atom. The average molecular weight is 437 g/mol. The van der Waals surface area contributed by atoms with Gasteiger partial charge in [0, 0.05) is 23.9 Å². The standard InChI is InChI=1S/C19H20N2O6S2/c1-13(22)20-15-4-6-16(7-5-15)21-19(23)14-2-8-17(9-3-14)29(26,27)18-10-11-28(24,25)12-18/h2-9,18H,10-12H2,1H3,(H,20,22)(H,21,23). The van der Waals surface area contributed by atoms with E-state index in [1.165, 1.54) is 31.2 Å². The van der Waals surface area contributed by atoms with E-state index in [1.54, 1.807) is 24.3 Å². The molecule has 29 heavy (non-hydrogen) atoms. The Balaban J connectivity index is 1.69. The van der Waals surface area contributed by atoms with Gasteiger partial charge in [-0.15, -0.1) is 0 Å². The molecule has 2 amide bonds. The zero-order chi connectivity index (χ0) is 21.2. The number of nitrogens with one attached hydrogen (secondary N) is 2. The van der Waals surface area contributed by atoms with Crippen molar-refractivity contribution in [2.24, 2.45) is 0 Å². The molecule has 8 nitrogen and oxygen atoms in total. The number of anilines is 2. The normalized spacial score (nSPS) is 18.2. The van der Waals surface area contributed by atoms with Gasteiger partial charge in [0.05, 0.1) is 21.7 Å². The lowest BCUT2D eigenvalue weighted by atomic mass is 10.2. The van der Waals surface area contributed by atoms with Gasteiger partial charge < -0.3 is 10.6 Å². The number of rotatable bonds is 5. The van der Waals surface area contributed by atoms with Gasteiger partial charge in [-0.25, -0.2) is 16.8 Å². The van der Waals surface area contributed by atoms with Crippen molar-refractivity contribution < 1.29 is 26.4 Å². The second-order valence-electron chi connectivity index (χ2n) is 6.81. The van der Waals surface area contributed by atoms with E-state index in [2.05, 4.69) is 10.6 Å². The maximum absolute atomic E-state index is 12.6. The van der Waals surface area contributed by atoms with Crippen LogP contribution in [0.1, 0.15) is 23.7 Å². The molecule has 0 radical (unpaired) electrons. The van der Waals surface area contributed by atoms with Crippen molar-refractivity contribution >= 4 is 42.9 Å². The molecule has 2 N–H and O–H groups in total. The maximum atomic E-state index is 12.6. The van der Waals surface area contributed by atoms with Crippen LogP contribution < -0.4 is 10.6 Å². The summed E-state index contributed by atoms with van der Waals surface area (Å²) in [5, 5.41) is 4.35. The predicted octanol–water partition coefficient (Wildman–Crippen LogP) is 1.86. The van der Waals surface area contributed by atoms with Crippen LogP contribution in [0.25, 0.3) is 0 Å². The highest BCUT2D eigenvalue weighted by Crippen LogP contribution is 2.25. The van der Waals surface area contributed by atoms with Crippen LogP contribution in [-0.2, 0) is 24.5 Å². The Hall–Kier alpha value is -2.72. The molecule has 0 aromatic heterocycles. The fraction of sp³-hybridized carbons (Fsp3) is 0.263. The average Bonchev–Trinajstić information content (AvgIpc) is 3.03. The predicted molar refractivity (Wildman–Crippen MR) is 109 cm³/mol. The highest BCUT2D eigenvalue weighted by Gasteiger charge is 2.37. The van der Waals surface area contributed by atoms with Gasteiger partial charge in [0.1, 0.15) is 0 Å². The molecule has 1 unspecified atom stereocenters. The zero-order valence-electron chi connectivity index (χ0n) is 15.6. The summed E-state index contributed by atoms with van der Waals surface area (Å²) >= 11 is 0. The van der Waals surface area contributed by atoms with Crippen molar-refractivity contribution in [1.29, 1.82) is 0 Å². The minimum Gasteiger partial charge on any atom is -0.326 e. The molecule has 1 saturated heterocycles. The van der Waals surface area contributed by atoms with Gasteiger partial charge >= 0.3 is 0 Å². The van der Waals surface area contributed by atoms with Crippen molar-refractivity contribution in [3.05, 3.63) is 54.1 Å². The van der Waals surface area contributed by atoms with Gasteiger partial charge in [0.25, 0.3) is 5.91 Å².